The molecule has 0 unspecified atom stereocenters. The highest BCUT2D eigenvalue weighted by atomic mass is 16.3. The number of aromatic hydroxyl groups is 1. The van der Waals surface area contributed by atoms with Gasteiger partial charge in [0.2, 0.25) is 0 Å². The maximum atomic E-state index is 9.97. The molecule has 1 heterocycles. The van der Waals surface area contributed by atoms with Gasteiger partial charge in [0.15, 0.2) is 0 Å². The van der Waals surface area contributed by atoms with Crippen LogP contribution in [0, 0.1) is 18.3 Å². The number of fused-ring (bicyclic) bond motifs is 1. The van der Waals surface area contributed by atoms with Crippen LogP contribution < -0.4 is 0 Å². The van der Waals surface area contributed by atoms with Gasteiger partial charge in [-0.05, 0) is 55.7 Å². The molecule has 22 heavy (non-hydrogen) atoms. The predicted octanol–water partition coefficient (Wildman–Crippen LogP) is 4.77. The van der Waals surface area contributed by atoms with Crippen molar-refractivity contribution in [3.05, 3.63) is 53.7 Å². The first-order valence-corrected chi connectivity index (χ1v) is 7.37. The number of hydrogen-bond donors (Lipinski definition) is 1. The molecule has 3 aromatic rings. The summed E-state index contributed by atoms with van der Waals surface area (Å²) in [4.78, 5) is 0. The van der Waals surface area contributed by atoms with Crippen LogP contribution in [0.2, 0.25) is 0 Å². The lowest BCUT2D eigenvalue weighted by atomic mass is 10.00. The van der Waals surface area contributed by atoms with Gasteiger partial charge in [0.25, 0.3) is 0 Å². The summed E-state index contributed by atoms with van der Waals surface area (Å²) in [5.41, 5.74) is 4.55. The molecule has 0 atom stereocenters. The summed E-state index contributed by atoms with van der Waals surface area (Å²) in [6.45, 7) is 6.03. The van der Waals surface area contributed by atoms with Gasteiger partial charge in [-0.25, -0.2) is 0 Å². The molecule has 0 fully saturated rings. The van der Waals surface area contributed by atoms with E-state index in [-0.39, 0.29) is 6.04 Å². The Kier molecular flexibility index (Phi) is 3.38. The van der Waals surface area contributed by atoms with Crippen LogP contribution in [0.4, 0.5) is 0 Å². The van der Waals surface area contributed by atoms with E-state index in [0.717, 1.165) is 27.6 Å². The normalized spacial score (nSPS) is 11.0. The number of phenolic OH excluding ortho intramolecular Hbond substituents is 1. The zero-order valence-corrected chi connectivity index (χ0v) is 13.0. The first-order valence-electron chi connectivity index (χ1n) is 7.37. The van der Waals surface area contributed by atoms with Crippen LogP contribution in [0.1, 0.15) is 31.1 Å². The molecule has 0 aliphatic heterocycles. The van der Waals surface area contributed by atoms with E-state index >= 15 is 0 Å². The van der Waals surface area contributed by atoms with Gasteiger partial charge in [0.1, 0.15) is 17.5 Å². The molecule has 0 bridgehead atoms. The third-order valence-corrected chi connectivity index (χ3v) is 4.03. The molecule has 0 saturated carbocycles. The SMILES string of the molecule is Cc1ccc(-c2cccc3c2cc(C#N)n3C(C)C)cc1O. The monoisotopic (exact) mass is 290 g/mol. The van der Waals surface area contributed by atoms with E-state index in [1.807, 2.05) is 47.9 Å². The number of aromatic nitrogens is 1. The first kappa shape index (κ1) is 14.2. The molecule has 3 rings (SSSR count). The van der Waals surface area contributed by atoms with Crippen LogP contribution in [0.25, 0.3) is 22.0 Å². The van der Waals surface area contributed by atoms with Gasteiger partial charge in [-0.15, -0.1) is 0 Å². The van der Waals surface area contributed by atoms with Crippen LogP contribution in [-0.4, -0.2) is 9.67 Å². The maximum Gasteiger partial charge on any atom is 0.121 e. The van der Waals surface area contributed by atoms with Crippen molar-refractivity contribution in [3.8, 4) is 22.9 Å². The molecule has 1 N–H and O–H groups in total. The van der Waals surface area contributed by atoms with E-state index in [1.165, 1.54) is 0 Å². The van der Waals surface area contributed by atoms with Gasteiger partial charge in [0, 0.05) is 16.9 Å². The summed E-state index contributed by atoms with van der Waals surface area (Å²) in [6, 6.07) is 16.2. The largest absolute Gasteiger partial charge is 0.508 e. The standard InChI is InChI=1S/C19H18N2O/c1-12(2)21-15(11-20)10-17-16(5-4-6-18(17)21)14-8-7-13(3)19(22)9-14/h4-10,12,22H,1-3H3. The summed E-state index contributed by atoms with van der Waals surface area (Å²) in [6.07, 6.45) is 0. The van der Waals surface area contributed by atoms with Crippen LogP contribution >= 0.6 is 0 Å². The summed E-state index contributed by atoms with van der Waals surface area (Å²) >= 11 is 0. The lowest BCUT2D eigenvalue weighted by molar-refractivity contribution is 0.471. The van der Waals surface area contributed by atoms with E-state index in [9.17, 15) is 10.4 Å². The van der Waals surface area contributed by atoms with E-state index in [0.29, 0.717) is 11.4 Å². The Labute approximate surface area is 130 Å². The van der Waals surface area contributed by atoms with Crippen LogP contribution in [-0.2, 0) is 0 Å². The number of benzene rings is 2. The molecular formula is C19H18N2O. The van der Waals surface area contributed by atoms with Gasteiger partial charge in [-0.1, -0.05) is 24.3 Å². The van der Waals surface area contributed by atoms with Crippen molar-refractivity contribution in [1.82, 2.24) is 4.57 Å². The van der Waals surface area contributed by atoms with Crippen molar-refractivity contribution in [3.63, 3.8) is 0 Å². The molecule has 0 aliphatic carbocycles. The molecule has 0 amide bonds. The first-order chi connectivity index (χ1) is 10.5. The quantitative estimate of drug-likeness (QED) is 0.738. The Hall–Kier alpha value is -2.73. The highest BCUT2D eigenvalue weighted by Crippen LogP contribution is 2.34. The Balaban J connectivity index is 2.32. The fourth-order valence-electron chi connectivity index (χ4n) is 2.92. The maximum absolute atomic E-state index is 9.97. The molecule has 1 aromatic heterocycles. The fourth-order valence-corrected chi connectivity index (χ4v) is 2.92. The van der Waals surface area contributed by atoms with Gasteiger partial charge >= 0.3 is 0 Å². The van der Waals surface area contributed by atoms with E-state index in [4.69, 9.17) is 0 Å². The molecule has 2 aromatic carbocycles. The average Bonchev–Trinajstić information content (AvgIpc) is 2.88. The number of rotatable bonds is 2. The van der Waals surface area contributed by atoms with Gasteiger partial charge in [-0.3, -0.25) is 0 Å². The summed E-state index contributed by atoms with van der Waals surface area (Å²) in [5.74, 6) is 0.290. The number of hydrogen-bond acceptors (Lipinski definition) is 2. The summed E-state index contributed by atoms with van der Waals surface area (Å²) in [5, 5.41) is 20.4. The smallest absolute Gasteiger partial charge is 0.121 e. The Morgan fingerprint density at radius 2 is 1.91 bits per heavy atom. The van der Waals surface area contributed by atoms with Crippen molar-refractivity contribution >= 4 is 10.9 Å². The van der Waals surface area contributed by atoms with E-state index in [1.54, 1.807) is 6.07 Å². The molecule has 0 aliphatic rings. The Bertz CT molecular complexity index is 898. The Morgan fingerprint density at radius 1 is 1.14 bits per heavy atom. The molecule has 0 spiro atoms. The van der Waals surface area contributed by atoms with Crippen molar-refractivity contribution in [2.45, 2.75) is 26.8 Å². The number of nitrogens with zero attached hydrogens (tertiary/aromatic N) is 2. The van der Waals surface area contributed by atoms with Crippen molar-refractivity contribution in [1.29, 1.82) is 5.26 Å². The molecule has 0 saturated heterocycles. The summed E-state index contributed by atoms with van der Waals surface area (Å²) < 4.78 is 2.05. The molecule has 3 heteroatoms. The van der Waals surface area contributed by atoms with E-state index < -0.39 is 0 Å². The van der Waals surface area contributed by atoms with Gasteiger partial charge in [0.05, 0.1) is 0 Å². The predicted molar refractivity (Wildman–Crippen MR) is 88.9 cm³/mol. The van der Waals surface area contributed by atoms with E-state index in [2.05, 4.69) is 19.9 Å². The third-order valence-electron chi connectivity index (χ3n) is 4.03. The lowest BCUT2D eigenvalue weighted by Crippen LogP contribution is -2.02. The van der Waals surface area contributed by atoms with Gasteiger partial charge < -0.3 is 9.67 Å². The number of phenols is 1. The van der Waals surface area contributed by atoms with Crippen LogP contribution in [0.3, 0.4) is 0 Å². The molecule has 3 nitrogen and oxygen atoms in total. The minimum absolute atomic E-state index is 0.217. The van der Waals surface area contributed by atoms with Crippen LogP contribution in [0.15, 0.2) is 42.5 Å². The number of aryl methyl sites for hydroxylation is 1. The minimum Gasteiger partial charge on any atom is -0.508 e. The topological polar surface area (TPSA) is 49.0 Å². The van der Waals surface area contributed by atoms with Gasteiger partial charge in [-0.2, -0.15) is 5.26 Å². The molecule has 110 valence electrons. The molecular weight excluding hydrogens is 272 g/mol. The second-order valence-electron chi connectivity index (χ2n) is 5.84. The Morgan fingerprint density at radius 3 is 2.55 bits per heavy atom. The minimum atomic E-state index is 0.217. The fraction of sp³-hybridized carbons (Fsp3) is 0.211. The number of nitriles is 1. The van der Waals surface area contributed by atoms with Crippen LogP contribution in [0.5, 0.6) is 5.75 Å². The van der Waals surface area contributed by atoms with Crippen molar-refractivity contribution in [2.75, 3.05) is 0 Å². The zero-order chi connectivity index (χ0) is 15.9. The summed E-state index contributed by atoms with van der Waals surface area (Å²) in [7, 11) is 0. The lowest BCUT2D eigenvalue weighted by Gasteiger charge is -2.12. The average molecular weight is 290 g/mol. The highest BCUT2D eigenvalue weighted by Gasteiger charge is 2.14. The molecule has 0 radical (unpaired) electrons. The third kappa shape index (κ3) is 2.14. The zero-order valence-electron chi connectivity index (χ0n) is 13.0. The van der Waals surface area contributed by atoms with Crippen molar-refractivity contribution < 1.29 is 5.11 Å². The van der Waals surface area contributed by atoms with Crippen molar-refractivity contribution in [2.24, 2.45) is 0 Å². The second-order valence-corrected chi connectivity index (χ2v) is 5.84. The second kappa shape index (κ2) is 5.23. The highest BCUT2D eigenvalue weighted by molar-refractivity contribution is 5.97.